The third-order valence-electron chi connectivity index (χ3n) is 3.49. The zero-order valence-electron chi connectivity index (χ0n) is 10.2. The molecular formula is C13H18N2O2. The second-order valence-corrected chi connectivity index (χ2v) is 4.60. The molecule has 2 fully saturated rings. The van der Waals surface area contributed by atoms with E-state index in [1.807, 2.05) is 0 Å². The van der Waals surface area contributed by atoms with Gasteiger partial charge in [0.1, 0.15) is 0 Å². The van der Waals surface area contributed by atoms with Gasteiger partial charge in [0.15, 0.2) is 0 Å². The molecule has 0 aromatic carbocycles. The fourth-order valence-electron chi connectivity index (χ4n) is 2.62. The van der Waals surface area contributed by atoms with Crippen LogP contribution >= 0.6 is 0 Å². The molecule has 1 saturated heterocycles. The maximum atomic E-state index is 12.1. The molecule has 4 nitrogen and oxygen atoms in total. The van der Waals surface area contributed by atoms with Crippen molar-refractivity contribution in [3.8, 4) is 11.8 Å². The largest absolute Gasteiger partial charge is 0.295 e. The monoisotopic (exact) mass is 234 g/mol. The van der Waals surface area contributed by atoms with Crippen LogP contribution in [-0.4, -0.2) is 35.3 Å². The van der Waals surface area contributed by atoms with E-state index in [-0.39, 0.29) is 23.9 Å². The smallest absolute Gasteiger partial charge is 0.247 e. The lowest BCUT2D eigenvalue weighted by Gasteiger charge is -2.22. The first kappa shape index (κ1) is 12.1. The van der Waals surface area contributed by atoms with Crippen LogP contribution in [0.5, 0.6) is 0 Å². The van der Waals surface area contributed by atoms with Crippen molar-refractivity contribution < 1.29 is 9.59 Å². The van der Waals surface area contributed by atoms with Crippen LogP contribution in [-0.2, 0) is 9.59 Å². The highest BCUT2D eigenvalue weighted by Gasteiger charge is 2.42. The van der Waals surface area contributed by atoms with E-state index >= 15 is 0 Å². The molecule has 0 radical (unpaired) electrons. The van der Waals surface area contributed by atoms with Crippen LogP contribution < -0.4 is 5.32 Å². The minimum absolute atomic E-state index is 0.0242. The van der Waals surface area contributed by atoms with E-state index in [9.17, 15) is 9.59 Å². The van der Waals surface area contributed by atoms with Gasteiger partial charge in [-0.3, -0.25) is 19.8 Å². The van der Waals surface area contributed by atoms with E-state index in [0.717, 1.165) is 25.7 Å². The molecule has 92 valence electrons. The first-order chi connectivity index (χ1) is 8.24. The van der Waals surface area contributed by atoms with Crippen molar-refractivity contribution in [1.82, 2.24) is 10.2 Å². The molecule has 0 aromatic heterocycles. The van der Waals surface area contributed by atoms with Gasteiger partial charge in [0.05, 0.1) is 19.0 Å². The summed E-state index contributed by atoms with van der Waals surface area (Å²) < 4.78 is 0. The summed E-state index contributed by atoms with van der Waals surface area (Å²) in [6, 6.07) is -0.206. The van der Waals surface area contributed by atoms with Crippen LogP contribution in [0.2, 0.25) is 0 Å². The Kier molecular flexibility index (Phi) is 3.80. The number of carbonyl (C=O) groups is 2. The number of amides is 2. The highest BCUT2D eigenvalue weighted by atomic mass is 16.2. The molecule has 0 aromatic rings. The van der Waals surface area contributed by atoms with Gasteiger partial charge < -0.3 is 0 Å². The minimum atomic E-state index is -0.357. The summed E-state index contributed by atoms with van der Waals surface area (Å²) in [7, 11) is 0. The Morgan fingerprint density at radius 1 is 1.35 bits per heavy atom. The zero-order chi connectivity index (χ0) is 12.3. The number of rotatable bonds is 3. The predicted molar refractivity (Wildman–Crippen MR) is 64.0 cm³/mol. The summed E-state index contributed by atoms with van der Waals surface area (Å²) in [5.41, 5.74) is 0. The van der Waals surface area contributed by atoms with Crippen LogP contribution in [0.4, 0.5) is 0 Å². The third-order valence-corrected chi connectivity index (χ3v) is 3.49. The van der Waals surface area contributed by atoms with Crippen molar-refractivity contribution in [3.05, 3.63) is 0 Å². The quantitative estimate of drug-likeness (QED) is 0.577. The number of nitrogens with one attached hydrogen (secondary N) is 1. The molecule has 1 unspecified atom stereocenters. The molecule has 17 heavy (non-hydrogen) atoms. The molecule has 1 atom stereocenters. The summed E-state index contributed by atoms with van der Waals surface area (Å²) in [6.07, 6.45) is 4.49. The van der Waals surface area contributed by atoms with Crippen LogP contribution in [0.1, 0.15) is 39.0 Å². The van der Waals surface area contributed by atoms with Crippen molar-refractivity contribution in [2.45, 2.75) is 51.1 Å². The van der Waals surface area contributed by atoms with E-state index in [0.29, 0.717) is 13.0 Å². The number of hydrogen-bond donors (Lipinski definition) is 1. The summed E-state index contributed by atoms with van der Waals surface area (Å²) in [6.45, 7) is 2.23. The summed E-state index contributed by atoms with van der Waals surface area (Å²) in [4.78, 5) is 25.4. The molecule has 1 aliphatic carbocycles. The topological polar surface area (TPSA) is 49.4 Å². The van der Waals surface area contributed by atoms with E-state index in [4.69, 9.17) is 0 Å². The molecule has 1 aliphatic heterocycles. The van der Waals surface area contributed by atoms with Gasteiger partial charge in [0.2, 0.25) is 11.8 Å². The number of imide groups is 1. The van der Waals surface area contributed by atoms with Gasteiger partial charge >= 0.3 is 0 Å². The lowest BCUT2D eigenvalue weighted by Crippen LogP contribution is -2.43. The molecular weight excluding hydrogens is 216 g/mol. The lowest BCUT2D eigenvalue weighted by molar-refractivity contribution is -0.141. The average molecular weight is 234 g/mol. The van der Waals surface area contributed by atoms with Gasteiger partial charge in [-0.25, -0.2) is 0 Å². The maximum Gasteiger partial charge on any atom is 0.247 e. The number of likely N-dealkylation sites (tertiary alicyclic amines) is 1. The molecule has 0 spiro atoms. The molecule has 1 heterocycles. The van der Waals surface area contributed by atoms with Crippen molar-refractivity contribution in [3.63, 3.8) is 0 Å². The predicted octanol–water partition coefficient (Wildman–Crippen LogP) is 0.669. The Morgan fingerprint density at radius 2 is 2.06 bits per heavy atom. The Morgan fingerprint density at radius 3 is 2.71 bits per heavy atom. The Balaban J connectivity index is 1.97. The maximum absolute atomic E-state index is 12.1. The van der Waals surface area contributed by atoms with Crippen molar-refractivity contribution in [2.75, 3.05) is 6.54 Å². The highest BCUT2D eigenvalue weighted by Crippen LogP contribution is 2.27. The molecule has 2 rings (SSSR count). The molecule has 2 aliphatic rings. The second kappa shape index (κ2) is 5.33. The highest BCUT2D eigenvalue weighted by molar-refractivity contribution is 6.05. The number of carbonyl (C=O) groups excluding carboxylic acids is 2. The number of hydrogen-bond acceptors (Lipinski definition) is 3. The molecule has 4 heteroatoms. The van der Waals surface area contributed by atoms with Crippen LogP contribution in [0.25, 0.3) is 0 Å². The molecule has 1 N–H and O–H groups in total. The first-order valence-electron chi connectivity index (χ1n) is 6.23. The lowest BCUT2D eigenvalue weighted by atomic mass is 10.2. The Labute approximate surface area is 102 Å². The van der Waals surface area contributed by atoms with Crippen LogP contribution in [0, 0.1) is 11.8 Å². The van der Waals surface area contributed by atoms with E-state index in [1.54, 1.807) is 6.92 Å². The second-order valence-electron chi connectivity index (χ2n) is 4.60. The SMILES string of the molecule is CC#CCNC1CC(=O)N(C2CCCC2)C1=O. The van der Waals surface area contributed by atoms with Crippen molar-refractivity contribution in [2.24, 2.45) is 0 Å². The van der Waals surface area contributed by atoms with Crippen LogP contribution in [0.3, 0.4) is 0 Å². The van der Waals surface area contributed by atoms with Crippen molar-refractivity contribution in [1.29, 1.82) is 0 Å². The molecule has 0 bridgehead atoms. The Bertz CT molecular complexity index is 375. The van der Waals surface area contributed by atoms with E-state index < -0.39 is 0 Å². The average Bonchev–Trinajstić information content (AvgIpc) is 2.89. The zero-order valence-corrected chi connectivity index (χ0v) is 10.2. The Hall–Kier alpha value is -1.34. The third kappa shape index (κ3) is 2.50. The van der Waals surface area contributed by atoms with E-state index in [1.165, 1.54) is 4.90 Å². The van der Waals surface area contributed by atoms with E-state index in [2.05, 4.69) is 17.2 Å². The molecule has 1 saturated carbocycles. The summed E-state index contributed by atoms with van der Waals surface area (Å²) in [5, 5.41) is 3.03. The summed E-state index contributed by atoms with van der Waals surface area (Å²) in [5.74, 6) is 5.53. The van der Waals surface area contributed by atoms with Gasteiger partial charge in [0.25, 0.3) is 0 Å². The fourth-order valence-corrected chi connectivity index (χ4v) is 2.62. The van der Waals surface area contributed by atoms with Gasteiger partial charge in [0, 0.05) is 6.04 Å². The van der Waals surface area contributed by atoms with Crippen molar-refractivity contribution >= 4 is 11.8 Å². The minimum Gasteiger partial charge on any atom is -0.295 e. The fraction of sp³-hybridized carbons (Fsp3) is 0.692. The standard InChI is InChI=1S/C13H18N2O2/c1-2-3-8-14-11-9-12(16)15(13(11)17)10-6-4-5-7-10/h10-11,14H,4-9H2,1H3. The van der Waals surface area contributed by atoms with Gasteiger partial charge in [-0.15, -0.1) is 5.92 Å². The van der Waals surface area contributed by atoms with Gasteiger partial charge in [-0.2, -0.15) is 0 Å². The summed E-state index contributed by atoms with van der Waals surface area (Å²) >= 11 is 0. The normalized spacial score (nSPS) is 25.2. The van der Waals surface area contributed by atoms with Gasteiger partial charge in [-0.1, -0.05) is 18.8 Å². The first-order valence-corrected chi connectivity index (χ1v) is 6.23. The number of nitrogens with zero attached hydrogens (tertiary/aromatic N) is 1. The molecule has 2 amide bonds. The van der Waals surface area contributed by atoms with Gasteiger partial charge in [-0.05, 0) is 19.8 Å². The van der Waals surface area contributed by atoms with Crippen LogP contribution in [0.15, 0.2) is 0 Å².